The Morgan fingerprint density at radius 2 is 2.00 bits per heavy atom. The summed E-state index contributed by atoms with van der Waals surface area (Å²) in [5.41, 5.74) is 1.21. The van der Waals surface area contributed by atoms with Crippen LogP contribution in [0, 0.1) is 0 Å². The summed E-state index contributed by atoms with van der Waals surface area (Å²) < 4.78 is 34.4. The van der Waals surface area contributed by atoms with Crippen molar-refractivity contribution in [2.75, 3.05) is 18.6 Å². The van der Waals surface area contributed by atoms with Crippen molar-refractivity contribution >= 4 is 56.1 Å². The molecule has 30 heavy (non-hydrogen) atoms. The van der Waals surface area contributed by atoms with E-state index in [1.165, 1.54) is 12.0 Å². The van der Waals surface area contributed by atoms with Gasteiger partial charge in [0, 0.05) is 11.6 Å². The zero-order valence-electron chi connectivity index (χ0n) is 15.9. The number of rotatable bonds is 4. The highest BCUT2D eigenvalue weighted by atomic mass is 32.2. The minimum Gasteiger partial charge on any atom is -0.465 e. The van der Waals surface area contributed by atoms with E-state index in [9.17, 15) is 18.0 Å². The first-order valence-electron chi connectivity index (χ1n) is 9.03. The molecule has 0 aliphatic carbocycles. The number of carbonyl (C=O) groups excluding carboxylic acids is 2. The first kappa shape index (κ1) is 20.8. The van der Waals surface area contributed by atoms with Gasteiger partial charge < -0.3 is 9.15 Å². The monoisotopic (exact) mass is 463 g/mol. The summed E-state index contributed by atoms with van der Waals surface area (Å²) in [6.45, 7) is 0. The van der Waals surface area contributed by atoms with Gasteiger partial charge in [-0.05, 0) is 30.7 Å². The molecule has 1 unspecified atom stereocenters. The van der Waals surface area contributed by atoms with Crippen LogP contribution in [0.1, 0.15) is 22.5 Å². The van der Waals surface area contributed by atoms with Gasteiger partial charge in [0.2, 0.25) is 0 Å². The topological polar surface area (TPSA) is 93.9 Å². The van der Waals surface area contributed by atoms with E-state index in [0.717, 1.165) is 17.3 Å². The van der Waals surface area contributed by atoms with Crippen LogP contribution in [0.15, 0.2) is 45.7 Å². The maximum absolute atomic E-state index is 12.8. The quantitative estimate of drug-likeness (QED) is 0.388. The van der Waals surface area contributed by atoms with Crippen molar-refractivity contribution in [3.8, 4) is 11.3 Å². The molecule has 1 atom stereocenters. The fourth-order valence-electron chi connectivity index (χ4n) is 3.38. The molecular weight excluding hydrogens is 446 g/mol. The second-order valence-corrected chi connectivity index (χ2v) is 10.8. The van der Waals surface area contributed by atoms with Crippen LogP contribution in [0.25, 0.3) is 17.4 Å². The molecule has 2 aliphatic heterocycles. The van der Waals surface area contributed by atoms with Crippen molar-refractivity contribution < 1.29 is 27.2 Å². The van der Waals surface area contributed by atoms with Crippen LogP contribution in [0.2, 0.25) is 0 Å². The summed E-state index contributed by atoms with van der Waals surface area (Å²) in [5, 5.41) is 0. The number of hydrogen-bond acceptors (Lipinski definition) is 8. The lowest BCUT2D eigenvalue weighted by Crippen LogP contribution is -2.39. The van der Waals surface area contributed by atoms with Gasteiger partial charge in [-0.1, -0.05) is 36.1 Å². The summed E-state index contributed by atoms with van der Waals surface area (Å²) in [4.78, 5) is 26.1. The number of thiocarbonyl (C=S) groups is 1. The summed E-state index contributed by atoms with van der Waals surface area (Å²) in [6, 6.07) is 9.87. The second kappa shape index (κ2) is 8.01. The normalized spacial score (nSPS) is 22.1. The molecule has 156 valence electrons. The highest BCUT2D eigenvalue weighted by Crippen LogP contribution is 2.36. The zero-order chi connectivity index (χ0) is 21.5. The maximum atomic E-state index is 12.8. The van der Waals surface area contributed by atoms with Crippen LogP contribution in [0.5, 0.6) is 0 Å². The van der Waals surface area contributed by atoms with Crippen LogP contribution >= 0.6 is 24.0 Å². The molecule has 4 rings (SSSR count). The minimum atomic E-state index is -3.12. The van der Waals surface area contributed by atoms with Crippen LogP contribution in [0.3, 0.4) is 0 Å². The third-order valence-corrected chi connectivity index (χ3v) is 7.97. The number of thioether (sulfide) groups is 1. The molecule has 1 amide bonds. The Morgan fingerprint density at radius 3 is 2.63 bits per heavy atom. The lowest BCUT2D eigenvalue weighted by Gasteiger charge is -2.20. The van der Waals surface area contributed by atoms with E-state index in [2.05, 4.69) is 4.74 Å². The predicted molar refractivity (Wildman–Crippen MR) is 118 cm³/mol. The Bertz CT molecular complexity index is 1160. The fraction of sp³-hybridized carbons (Fsp3) is 0.250. The molecule has 0 bridgehead atoms. The number of carbonyl (C=O) groups is 2. The Hall–Kier alpha value is -2.43. The SMILES string of the molecule is COC(=O)c1ccc(-c2ccc(/C=C3/SC(=S)N(C4CCS(=O)(=O)C4)C3=O)o2)cc1. The number of furan rings is 1. The molecule has 2 aliphatic rings. The summed E-state index contributed by atoms with van der Waals surface area (Å²) in [7, 11) is -1.80. The lowest BCUT2D eigenvalue weighted by molar-refractivity contribution is -0.123. The average molecular weight is 464 g/mol. The fourth-order valence-corrected chi connectivity index (χ4v) is 6.46. The molecule has 2 fully saturated rings. The Kier molecular flexibility index (Phi) is 5.56. The number of benzene rings is 1. The first-order valence-corrected chi connectivity index (χ1v) is 12.1. The van der Waals surface area contributed by atoms with Crippen molar-refractivity contribution in [2.24, 2.45) is 0 Å². The number of nitrogens with zero attached hydrogens (tertiary/aromatic N) is 1. The van der Waals surface area contributed by atoms with Gasteiger partial charge in [-0.3, -0.25) is 9.69 Å². The van der Waals surface area contributed by atoms with Crippen LogP contribution in [0.4, 0.5) is 0 Å². The molecule has 0 spiro atoms. The molecule has 10 heteroatoms. The Balaban J connectivity index is 1.52. The lowest BCUT2D eigenvalue weighted by atomic mass is 10.1. The van der Waals surface area contributed by atoms with E-state index >= 15 is 0 Å². The molecule has 0 N–H and O–H groups in total. The Labute approximate surface area is 183 Å². The number of amides is 1. The highest BCUT2D eigenvalue weighted by molar-refractivity contribution is 8.26. The van der Waals surface area contributed by atoms with Gasteiger partial charge in [0.05, 0.1) is 35.1 Å². The van der Waals surface area contributed by atoms with Gasteiger partial charge in [0.15, 0.2) is 9.84 Å². The molecule has 0 saturated carbocycles. The van der Waals surface area contributed by atoms with Crippen molar-refractivity contribution in [2.45, 2.75) is 12.5 Å². The standard InChI is InChI=1S/C20H17NO6S3/c1-26-19(23)13-4-2-12(3-5-13)16-7-6-15(27-16)10-17-18(22)21(20(28)29-17)14-8-9-30(24,25)11-14/h2-7,10,14H,8-9,11H2,1H3/b17-10+. The van der Waals surface area contributed by atoms with Crippen LogP contribution in [-0.4, -0.2) is 54.2 Å². The van der Waals surface area contributed by atoms with Gasteiger partial charge in [-0.25, -0.2) is 13.2 Å². The molecule has 3 heterocycles. The number of sulfone groups is 1. The number of methoxy groups -OCH3 is 1. The zero-order valence-corrected chi connectivity index (χ0v) is 18.3. The second-order valence-electron chi connectivity index (χ2n) is 6.88. The van der Waals surface area contributed by atoms with Gasteiger partial charge >= 0.3 is 5.97 Å². The van der Waals surface area contributed by atoms with E-state index in [4.69, 9.17) is 16.6 Å². The Morgan fingerprint density at radius 1 is 1.27 bits per heavy atom. The van der Waals surface area contributed by atoms with Crippen LogP contribution < -0.4 is 0 Å². The number of hydrogen-bond donors (Lipinski definition) is 0. The van der Waals surface area contributed by atoms with Crippen LogP contribution in [-0.2, 0) is 19.4 Å². The highest BCUT2D eigenvalue weighted by Gasteiger charge is 2.42. The van der Waals surface area contributed by atoms with Gasteiger partial charge in [-0.2, -0.15) is 0 Å². The third-order valence-electron chi connectivity index (χ3n) is 4.89. The first-order chi connectivity index (χ1) is 14.3. The van der Waals surface area contributed by atoms with E-state index in [1.807, 2.05) is 0 Å². The summed E-state index contributed by atoms with van der Waals surface area (Å²) >= 11 is 6.45. The molecule has 2 saturated heterocycles. The van der Waals surface area contributed by atoms with Gasteiger partial charge in [0.1, 0.15) is 15.8 Å². The smallest absolute Gasteiger partial charge is 0.337 e. The van der Waals surface area contributed by atoms with Crippen molar-refractivity contribution in [1.29, 1.82) is 0 Å². The van der Waals surface area contributed by atoms with Gasteiger partial charge in [-0.15, -0.1) is 0 Å². The maximum Gasteiger partial charge on any atom is 0.337 e. The number of esters is 1. The molecule has 7 nitrogen and oxygen atoms in total. The third kappa shape index (κ3) is 4.07. The van der Waals surface area contributed by atoms with E-state index in [0.29, 0.717) is 32.7 Å². The van der Waals surface area contributed by atoms with E-state index < -0.39 is 21.8 Å². The van der Waals surface area contributed by atoms with Crippen molar-refractivity contribution in [1.82, 2.24) is 4.90 Å². The average Bonchev–Trinajstić information content (AvgIpc) is 3.40. The molecule has 2 aromatic rings. The summed E-state index contributed by atoms with van der Waals surface area (Å²) in [6.07, 6.45) is 2.00. The molecule has 1 aromatic carbocycles. The minimum absolute atomic E-state index is 0.0564. The molecular formula is C20H17NO6S3. The number of ether oxygens (including phenoxy) is 1. The predicted octanol–water partition coefficient (Wildman–Crippen LogP) is 3.12. The van der Waals surface area contributed by atoms with Gasteiger partial charge in [0.25, 0.3) is 5.91 Å². The molecule has 1 aromatic heterocycles. The molecule has 0 radical (unpaired) electrons. The van der Waals surface area contributed by atoms with Crippen molar-refractivity contribution in [3.05, 3.63) is 52.6 Å². The van der Waals surface area contributed by atoms with E-state index in [1.54, 1.807) is 42.5 Å². The summed E-state index contributed by atoms with van der Waals surface area (Å²) in [5.74, 6) is 0.353. The van der Waals surface area contributed by atoms with E-state index in [-0.39, 0.29) is 17.4 Å². The van der Waals surface area contributed by atoms with Crippen molar-refractivity contribution in [3.63, 3.8) is 0 Å². The largest absolute Gasteiger partial charge is 0.465 e.